The van der Waals surface area contributed by atoms with Gasteiger partial charge in [0.25, 0.3) is 0 Å². The van der Waals surface area contributed by atoms with Gasteiger partial charge in [0.15, 0.2) is 0 Å². The second kappa shape index (κ2) is 4.87. The van der Waals surface area contributed by atoms with Gasteiger partial charge in [0.05, 0.1) is 12.2 Å². The zero-order valence-electron chi connectivity index (χ0n) is 9.96. The average molecular weight is 253 g/mol. The lowest BCUT2D eigenvalue weighted by Crippen LogP contribution is -2.12. The van der Waals surface area contributed by atoms with Crippen molar-refractivity contribution in [2.45, 2.75) is 33.1 Å². The van der Waals surface area contributed by atoms with Crippen LogP contribution < -0.4 is 5.32 Å². The second-order valence-corrected chi connectivity index (χ2v) is 5.07. The summed E-state index contributed by atoms with van der Waals surface area (Å²) < 4.78 is 5.05. The molecule has 0 bridgehead atoms. The molecule has 0 atom stereocenters. The number of aryl methyl sites for hydroxylation is 1. The highest BCUT2D eigenvalue weighted by Crippen LogP contribution is 2.39. The highest BCUT2D eigenvalue weighted by Gasteiger charge is 2.27. The Morgan fingerprint density at radius 3 is 2.82 bits per heavy atom. The molecule has 0 radical (unpaired) electrons. The van der Waals surface area contributed by atoms with Crippen LogP contribution in [-0.4, -0.2) is 18.5 Å². The molecule has 0 aliphatic heterocycles. The van der Waals surface area contributed by atoms with Gasteiger partial charge in [-0.25, -0.2) is 4.79 Å². The zero-order chi connectivity index (χ0) is 12.4. The van der Waals surface area contributed by atoms with Gasteiger partial charge >= 0.3 is 5.97 Å². The minimum atomic E-state index is -0.323. The molecule has 4 nitrogen and oxygen atoms in total. The molecule has 0 unspecified atom stereocenters. The molecule has 0 spiro atoms. The number of esters is 1. The number of carbonyl (C=O) groups excluding carboxylic acids is 2. The van der Waals surface area contributed by atoms with Crippen molar-refractivity contribution >= 4 is 28.2 Å². The molecule has 1 heterocycles. The summed E-state index contributed by atoms with van der Waals surface area (Å²) in [4.78, 5) is 24.2. The lowest BCUT2D eigenvalue weighted by molar-refractivity contribution is -0.114. The van der Waals surface area contributed by atoms with Crippen molar-refractivity contribution in [1.29, 1.82) is 0 Å². The van der Waals surface area contributed by atoms with Crippen LogP contribution in [0.25, 0.3) is 0 Å². The number of rotatable bonds is 3. The van der Waals surface area contributed by atoms with Crippen LogP contribution in [0.15, 0.2) is 0 Å². The number of nitrogens with one attached hydrogen (secondary N) is 1. The van der Waals surface area contributed by atoms with E-state index in [-0.39, 0.29) is 11.9 Å². The number of ether oxygens (including phenoxy) is 1. The number of hydrogen-bond donors (Lipinski definition) is 1. The minimum Gasteiger partial charge on any atom is -0.462 e. The number of fused-ring (bicyclic) bond motifs is 1. The zero-order valence-corrected chi connectivity index (χ0v) is 10.8. The standard InChI is InChI=1S/C12H15NO3S/c1-3-16-12(15)10-8-5-4-6-9(8)17-11(10)13-7(2)14/h3-6H2,1-2H3,(H,13,14). The van der Waals surface area contributed by atoms with Gasteiger partial charge in [0.2, 0.25) is 5.91 Å². The maximum Gasteiger partial charge on any atom is 0.341 e. The molecular formula is C12H15NO3S. The Balaban J connectivity index is 2.38. The summed E-state index contributed by atoms with van der Waals surface area (Å²) in [6.07, 6.45) is 2.97. The fourth-order valence-electron chi connectivity index (χ4n) is 2.07. The van der Waals surface area contributed by atoms with Gasteiger partial charge in [-0.1, -0.05) is 0 Å². The van der Waals surface area contributed by atoms with Gasteiger partial charge in [-0.15, -0.1) is 11.3 Å². The van der Waals surface area contributed by atoms with E-state index in [0.29, 0.717) is 17.2 Å². The van der Waals surface area contributed by atoms with Gasteiger partial charge in [-0.05, 0) is 31.7 Å². The molecule has 0 saturated heterocycles. The van der Waals surface area contributed by atoms with Gasteiger partial charge in [-0.2, -0.15) is 0 Å². The normalized spacial score (nSPS) is 13.3. The van der Waals surface area contributed by atoms with Crippen molar-refractivity contribution in [3.63, 3.8) is 0 Å². The Morgan fingerprint density at radius 2 is 2.18 bits per heavy atom. The quantitative estimate of drug-likeness (QED) is 0.841. The fraction of sp³-hybridized carbons (Fsp3) is 0.500. The molecule has 0 fully saturated rings. The Morgan fingerprint density at radius 1 is 1.41 bits per heavy atom. The number of amides is 1. The Hall–Kier alpha value is -1.36. The van der Waals surface area contributed by atoms with E-state index < -0.39 is 0 Å². The maximum atomic E-state index is 11.9. The van der Waals surface area contributed by atoms with E-state index >= 15 is 0 Å². The van der Waals surface area contributed by atoms with Gasteiger partial charge < -0.3 is 10.1 Å². The molecule has 1 aromatic rings. The second-order valence-electron chi connectivity index (χ2n) is 3.96. The van der Waals surface area contributed by atoms with Crippen LogP contribution in [0.4, 0.5) is 5.00 Å². The highest BCUT2D eigenvalue weighted by atomic mass is 32.1. The third-order valence-corrected chi connectivity index (χ3v) is 3.90. The average Bonchev–Trinajstić information content (AvgIpc) is 2.76. The molecular weight excluding hydrogens is 238 g/mol. The van der Waals surface area contributed by atoms with Crippen LogP contribution in [0.3, 0.4) is 0 Å². The van der Waals surface area contributed by atoms with Crippen LogP contribution in [0, 0.1) is 0 Å². The molecule has 1 N–H and O–H groups in total. The number of anilines is 1. The molecule has 0 aromatic carbocycles. The van der Waals surface area contributed by atoms with E-state index in [0.717, 1.165) is 24.8 Å². The summed E-state index contributed by atoms with van der Waals surface area (Å²) in [6, 6.07) is 0. The van der Waals surface area contributed by atoms with Crippen LogP contribution in [0.5, 0.6) is 0 Å². The van der Waals surface area contributed by atoms with Crippen LogP contribution in [0.1, 0.15) is 41.1 Å². The summed E-state index contributed by atoms with van der Waals surface area (Å²) in [6.45, 7) is 3.57. The van der Waals surface area contributed by atoms with Crippen molar-refractivity contribution in [2.24, 2.45) is 0 Å². The van der Waals surface area contributed by atoms with Crippen molar-refractivity contribution in [2.75, 3.05) is 11.9 Å². The van der Waals surface area contributed by atoms with Crippen molar-refractivity contribution in [3.8, 4) is 0 Å². The first-order valence-electron chi connectivity index (χ1n) is 5.72. The number of thiophene rings is 1. The van der Waals surface area contributed by atoms with Crippen molar-refractivity contribution < 1.29 is 14.3 Å². The predicted molar refractivity (Wildman–Crippen MR) is 66.6 cm³/mol. The third-order valence-electron chi connectivity index (χ3n) is 2.69. The molecule has 0 saturated carbocycles. The van der Waals surface area contributed by atoms with E-state index in [9.17, 15) is 9.59 Å². The Kier molecular flexibility index (Phi) is 3.47. The summed E-state index contributed by atoms with van der Waals surface area (Å²) in [7, 11) is 0. The molecule has 5 heteroatoms. The fourth-order valence-corrected chi connectivity index (χ4v) is 3.39. The van der Waals surface area contributed by atoms with Crippen LogP contribution in [0.2, 0.25) is 0 Å². The van der Waals surface area contributed by atoms with E-state index in [2.05, 4.69) is 5.32 Å². The van der Waals surface area contributed by atoms with Gasteiger partial charge in [0, 0.05) is 11.8 Å². The first-order chi connectivity index (χ1) is 8.13. The van der Waals surface area contributed by atoms with Crippen LogP contribution in [-0.2, 0) is 22.4 Å². The first kappa shape index (κ1) is 12.1. The van der Waals surface area contributed by atoms with Gasteiger partial charge in [-0.3, -0.25) is 4.79 Å². The Bertz CT molecular complexity index is 465. The SMILES string of the molecule is CCOC(=O)c1c(NC(C)=O)sc2c1CCC2. The van der Waals surface area contributed by atoms with E-state index in [1.807, 2.05) is 0 Å². The number of hydrogen-bond acceptors (Lipinski definition) is 4. The lowest BCUT2D eigenvalue weighted by atomic mass is 10.1. The van der Waals surface area contributed by atoms with E-state index in [1.54, 1.807) is 6.92 Å². The van der Waals surface area contributed by atoms with E-state index in [4.69, 9.17) is 4.74 Å². The third kappa shape index (κ3) is 2.34. The predicted octanol–water partition coefficient (Wildman–Crippen LogP) is 2.37. The lowest BCUT2D eigenvalue weighted by Gasteiger charge is -2.06. The highest BCUT2D eigenvalue weighted by molar-refractivity contribution is 7.17. The van der Waals surface area contributed by atoms with Crippen molar-refractivity contribution in [1.82, 2.24) is 0 Å². The summed E-state index contributed by atoms with van der Waals surface area (Å²) in [5, 5.41) is 3.36. The first-order valence-corrected chi connectivity index (χ1v) is 6.54. The number of carbonyl (C=O) groups is 2. The molecule has 1 aromatic heterocycles. The van der Waals surface area contributed by atoms with E-state index in [1.165, 1.54) is 23.1 Å². The molecule has 1 amide bonds. The monoisotopic (exact) mass is 253 g/mol. The van der Waals surface area contributed by atoms with Crippen LogP contribution >= 0.6 is 11.3 Å². The smallest absolute Gasteiger partial charge is 0.341 e. The minimum absolute atomic E-state index is 0.157. The summed E-state index contributed by atoms with van der Waals surface area (Å²) in [5.41, 5.74) is 1.64. The largest absolute Gasteiger partial charge is 0.462 e. The Labute approximate surface area is 104 Å². The van der Waals surface area contributed by atoms with Crippen molar-refractivity contribution in [3.05, 3.63) is 16.0 Å². The maximum absolute atomic E-state index is 11.9. The van der Waals surface area contributed by atoms with Gasteiger partial charge in [0.1, 0.15) is 5.00 Å². The summed E-state index contributed by atoms with van der Waals surface area (Å²) >= 11 is 1.50. The molecule has 1 aliphatic rings. The molecule has 2 rings (SSSR count). The molecule has 1 aliphatic carbocycles. The summed E-state index contributed by atoms with van der Waals surface area (Å²) in [5.74, 6) is -0.480. The topological polar surface area (TPSA) is 55.4 Å². The molecule has 17 heavy (non-hydrogen) atoms. The molecule has 92 valence electrons.